The van der Waals surface area contributed by atoms with Crippen LogP contribution in [0.15, 0.2) is 72.8 Å². The second-order valence-corrected chi connectivity index (χ2v) is 6.76. The van der Waals surface area contributed by atoms with Gasteiger partial charge in [0.25, 0.3) is 0 Å². The molecule has 0 saturated carbocycles. The Morgan fingerprint density at radius 2 is 1.18 bits per heavy atom. The smallest absolute Gasteiger partial charge is 0.116 e. The largest absolute Gasteiger partial charge is 0.332 e. The number of hydrogen-bond donors (Lipinski definition) is 0. The lowest BCUT2D eigenvalue weighted by atomic mass is 10.2. The van der Waals surface area contributed by atoms with Crippen molar-refractivity contribution >= 4 is 27.8 Å². The zero-order chi connectivity index (χ0) is 18.9. The number of anilines is 1. The van der Waals surface area contributed by atoms with E-state index in [1.165, 1.54) is 5.56 Å². The fourth-order valence-electron chi connectivity index (χ4n) is 3.48. The van der Waals surface area contributed by atoms with Crippen LogP contribution in [0.3, 0.4) is 0 Å². The lowest BCUT2D eigenvalue weighted by molar-refractivity contribution is 0.497. The molecule has 0 unspecified atom stereocenters. The molecule has 7 nitrogen and oxygen atoms in total. The minimum absolute atomic E-state index is 0.555. The van der Waals surface area contributed by atoms with E-state index in [1.54, 1.807) is 0 Å². The molecule has 2 aromatic heterocycles. The van der Waals surface area contributed by atoms with Crippen LogP contribution in [0.4, 0.5) is 5.69 Å². The van der Waals surface area contributed by atoms with Crippen molar-refractivity contribution in [1.82, 2.24) is 30.0 Å². The summed E-state index contributed by atoms with van der Waals surface area (Å²) in [4.78, 5) is 2.23. The van der Waals surface area contributed by atoms with Crippen molar-refractivity contribution in [3.63, 3.8) is 0 Å². The summed E-state index contributed by atoms with van der Waals surface area (Å²) in [6, 6.07) is 24.3. The first-order valence-corrected chi connectivity index (χ1v) is 9.16. The SMILES string of the molecule is Cc1ccccc1N(Cn1nnc2ccccc21)Cn1nnc2ccccc21. The standard InChI is InChI=1S/C21H19N7/c1-16-8-2-5-11-19(16)26(14-27-20-12-6-3-9-17(20)22-24-27)15-28-21-13-7-4-10-18(21)23-25-28/h2-13H,14-15H2,1H3. The Hall–Kier alpha value is -3.74. The van der Waals surface area contributed by atoms with Crippen molar-refractivity contribution in [2.45, 2.75) is 20.3 Å². The highest BCUT2D eigenvalue weighted by molar-refractivity contribution is 5.74. The molecule has 0 spiro atoms. The molecule has 0 amide bonds. The van der Waals surface area contributed by atoms with Crippen molar-refractivity contribution in [2.75, 3.05) is 4.90 Å². The van der Waals surface area contributed by atoms with Gasteiger partial charge in [0.05, 0.1) is 11.0 Å². The second kappa shape index (κ2) is 6.77. The first-order valence-electron chi connectivity index (χ1n) is 9.16. The maximum Gasteiger partial charge on any atom is 0.116 e. The monoisotopic (exact) mass is 369 g/mol. The molecule has 28 heavy (non-hydrogen) atoms. The highest BCUT2D eigenvalue weighted by Crippen LogP contribution is 2.23. The van der Waals surface area contributed by atoms with E-state index in [0.29, 0.717) is 13.3 Å². The molecule has 7 heteroatoms. The molecule has 0 atom stereocenters. The van der Waals surface area contributed by atoms with Crippen molar-refractivity contribution in [3.8, 4) is 0 Å². The molecule has 5 rings (SSSR count). The molecule has 3 aromatic carbocycles. The minimum atomic E-state index is 0.555. The average molecular weight is 369 g/mol. The topological polar surface area (TPSA) is 64.7 Å². The van der Waals surface area contributed by atoms with Crippen LogP contribution >= 0.6 is 0 Å². The Bertz CT molecular complexity index is 1180. The molecule has 0 aliphatic rings. The van der Waals surface area contributed by atoms with Gasteiger partial charge in [-0.15, -0.1) is 10.2 Å². The van der Waals surface area contributed by atoms with Crippen LogP contribution in [-0.2, 0) is 13.3 Å². The molecule has 0 fully saturated rings. The Balaban J connectivity index is 1.56. The Labute approximate surface area is 161 Å². The summed E-state index contributed by atoms with van der Waals surface area (Å²) < 4.78 is 3.84. The summed E-state index contributed by atoms with van der Waals surface area (Å²) in [5.74, 6) is 0. The molecular formula is C21H19N7. The van der Waals surface area contributed by atoms with Gasteiger partial charge in [-0.3, -0.25) is 0 Å². The quantitative estimate of drug-likeness (QED) is 0.474. The number of para-hydroxylation sites is 3. The fraction of sp³-hybridized carbons (Fsp3) is 0.143. The number of rotatable bonds is 5. The van der Waals surface area contributed by atoms with Gasteiger partial charge in [0.2, 0.25) is 0 Å². The van der Waals surface area contributed by atoms with Crippen molar-refractivity contribution in [3.05, 3.63) is 78.4 Å². The summed E-state index contributed by atoms with van der Waals surface area (Å²) in [6.07, 6.45) is 0. The third-order valence-electron chi connectivity index (χ3n) is 4.91. The highest BCUT2D eigenvalue weighted by atomic mass is 15.5. The van der Waals surface area contributed by atoms with E-state index in [9.17, 15) is 0 Å². The first-order chi connectivity index (χ1) is 13.8. The van der Waals surface area contributed by atoms with E-state index in [0.717, 1.165) is 27.8 Å². The van der Waals surface area contributed by atoms with Crippen LogP contribution in [0.2, 0.25) is 0 Å². The third kappa shape index (κ3) is 2.87. The molecule has 0 N–H and O–H groups in total. The zero-order valence-corrected chi connectivity index (χ0v) is 15.5. The van der Waals surface area contributed by atoms with Crippen LogP contribution in [0, 0.1) is 6.92 Å². The van der Waals surface area contributed by atoms with Gasteiger partial charge in [0, 0.05) is 5.69 Å². The Morgan fingerprint density at radius 1 is 0.679 bits per heavy atom. The highest BCUT2D eigenvalue weighted by Gasteiger charge is 2.15. The van der Waals surface area contributed by atoms with E-state index in [1.807, 2.05) is 70.0 Å². The van der Waals surface area contributed by atoms with Gasteiger partial charge in [-0.2, -0.15) is 0 Å². The number of hydrogen-bond acceptors (Lipinski definition) is 5. The van der Waals surface area contributed by atoms with E-state index >= 15 is 0 Å². The molecule has 0 aliphatic heterocycles. The normalized spacial score (nSPS) is 11.3. The molecule has 0 saturated heterocycles. The summed E-state index contributed by atoms with van der Waals surface area (Å²) in [5.41, 5.74) is 6.10. The Morgan fingerprint density at radius 3 is 1.75 bits per heavy atom. The fourth-order valence-corrected chi connectivity index (χ4v) is 3.48. The lowest BCUT2D eigenvalue weighted by Crippen LogP contribution is -2.30. The van der Waals surface area contributed by atoms with E-state index < -0.39 is 0 Å². The number of aromatic nitrogens is 6. The summed E-state index contributed by atoms with van der Waals surface area (Å²) in [5, 5.41) is 17.3. The number of benzene rings is 3. The summed E-state index contributed by atoms with van der Waals surface area (Å²) in [6.45, 7) is 3.22. The molecular weight excluding hydrogens is 350 g/mol. The number of nitrogens with zero attached hydrogens (tertiary/aromatic N) is 7. The first kappa shape index (κ1) is 16.4. The van der Waals surface area contributed by atoms with Crippen molar-refractivity contribution in [2.24, 2.45) is 0 Å². The maximum atomic E-state index is 4.36. The summed E-state index contributed by atoms with van der Waals surface area (Å²) >= 11 is 0. The van der Waals surface area contributed by atoms with Gasteiger partial charge < -0.3 is 4.90 Å². The van der Waals surface area contributed by atoms with E-state index in [-0.39, 0.29) is 0 Å². The van der Waals surface area contributed by atoms with Crippen LogP contribution < -0.4 is 4.90 Å². The lowest BCUT2D eigenvalue weighted by Gasteiger charge is -2.26. The van der Waals surface area contributed by atoms with Crippen LogP contribution in [0.5, 0.6) is 0 Å². The van der Waals surface area contributed by atoms with Gasteiger partial charge >= 0.3 is 0 Å². The molecule has 0 aliphatic carbocycles. The van der Waals surface area contributed by atoms with Crippen molar-refractivity contribution in [1.29, 1.82) is 0 Å². The van der Waals surface area contributed by atoms with Gasteiger partial charge in [-0.25, -0.2) is 9.36 Å². The van der Waals surface area contributed by atoms with Crippen LogP contribution in [0.1, 0.15) is 5.56 Å². The van der Waals surface area contributed by atoms with Gasteiger partial charge in [-0.1, -0.05) is 52.9 Å². The van der Waals surface area contributed by atoms with Gasteiger partial charge in [0.1, 0.15) is 24.4 Å². The summed E-state index contributed by atoms with van der Waals surface area (Å²) in [7, 11) is 0. The average Bonchev–Trinajstić information content (AvgIpc) is 3.33. The molecule has 0 radical (unpaired) electrons. The maximum absolute atomic E-state index is 4.36. The van der Waals surface area contributed by atoms with Gasteiger partial charge in [0.15, 0.2) is 0 Å². The Kier molecular flexibility index (Phi) is 3.97. The molecule has 138 valence electrons. The molecule has 5 aromatic rings. The number of fused-ring (bicyclic) bond motifs is 2. The second-order valence-electron chi connectivity index (χ2n) is 6.76. The van der Waals surface area contributed by atoms with Crippen LogP contribution in [0.25, 0.3) is 22.1 Å². The van der Waals surface area contributed by atoms with Gasteiger partial charge in [-0.05, 0) is 42.8 Å². The van der Waals surface area contributed by atoms with Crippen LogP contribution in [-0.4, -0.2) is 30.0 Å². The van der Waals surface area contributed by atoms with Crippen molar-refractivity contribution < 1.29 is 0 Å². The third-order valence-corrected chi connectivity index (χ3v) is 4.91. The predicted molar refractivity (Wildman–Crippen MR) is 109 cm³/mol. The molecule has 0 bridgehead atoms. The minimum Gasteiger partial charge on any atom is -0.332 e. The molecule has 2 heterocycles. The number of aryl methyl sites for hydroxylation is 1. The van der Waals surface area contributed by atoms with E-state index in [2.05, 4.69) is 44.6 Å². The van der Waals surface area contributed by atoms with E-state index in [4.69, 9.17) is 0 Å². The predicted octanol–water partition coefficient (Wildman–Crippen LogP) is 3.61. The zero-order valence-electron chi connectivity index (χ0n) is 15.5.